The van der Waals surface area contributed by atoms with Crippen molar-refractivity contribution >= 4 is 40.1 Å². The lowest BCUT2D eigenvalue weighted by molar-refractivity contribution is -0.384. The first-order valence-electron chi connectivity index (χ1n) is 7.65. The molecule has 0 bridgehead atoms. The van der Waals surface area contributed by atoms with Gasteiger partial charge in [0.05, 0.1) is 17.2 Å². The van der Waals surface area contributed by atoms with Crippen LogP contribution in [0.5, 0.6) is 0 Å². The molecule has 0 spiro atoms. The Morgan fingerprint density at radius 2 is 2.35 bits per heavy atom. The Labute approximate surface area is 149 Å². The Hall–Kier alpha value is -3.21. The van der Waals surface area contributed by atoms with Crippen LogP contribution in [0.3, 0.4) is 0 Å². The zero-order valence-electron chi connectivity index (χ0n) is 13.2. The van der Waals surface area contributed by atoms with E-state index in [9.17, 15) is 19.7 Å². The Morgan fingerprint density at radius 1 is 1.50 bits per heavy atom. The van der Waals surface area contributed by atoms with Crippen molar-refractivity contribution in [1.29, 1.82) is 0 Å². The monoisotopic (exact) mass is 372 g/mol. The van der Waals surface area contributed by atoms with E-state index >= 15 is 0 Å². The fourth-order valence-corrected chi connectivity index (χ4v) is 3.97. The lowest BCUT2D eigenvalue weighted by Gasteiger charge is -2.13. The molecule has 3 heterocycles. The van der Waals surface area contributed by atoms with E-state index in [1.807, 2.05) is 0 Å². The molecular weight excluding hydrogens is 360 g/mol. The summed E-state index contributed by atoms with van der Waals surface area (Å²) >= 11 is 1.40. The third-order valence-corrected chi connectivity index (χ3v) is 5.11. The molecule has 26 heavy (non-hydrogen) atoms. The number of amides is 1. The van der Waals surface area contributed by atoms with Gasteiger partial charge in [0.2, 0.25) is 5.91 Å². The molecule has 1 amide bonds. The van der Waals surface area contributed by atoms with E-state index in [1.54, 1.807) is 6.07 Å². The summed E-state index contributed by atoms with van der Waals surface area (Å²) in [6, 6.07) is 5.37. The fraction of sp³-hybridized carbons (Fsp3) is 0.200. The molecule has 0 fully saturated rings. The van der Waals surface area contributed by atoms with Crippen molar-refractivity contribution in [3.63, 3.8) is 0 Å². The zero-order valence-corrected chi connectivity index (χ0v) is 14.0. The third kappa shape index (κ3) is 2.81. The number of nitrogens with one attached hydrogen (secondary N) is 2. The number of thioether (sulfide) groups is 1. The van der Waals surface area contributed by atoms with Gasteiger partial charge in [-0.15, -0.1) is 0 Å². The number of hydrogen-bond donors (Lipinski definition) is 2. The van der Waals surface area contributed by atoms with Gasteiger partial charge < -0.3 is 5.32 Å². The molecule has 1 aliphatic heterocycles. The van der Waals surface area contributed by atoms with E-state index in [1.165, 1.54) is 40.7 Å². The van der Waals surface area contributed by atoms with Gasteiger partial charge in [0, 0.05) is 30.0 Å². The Morgan fingerprint density at radius 3 is 3.15 bits per heavy atom. The standard InChI is InChI=1S/C15H12N6O4S/c22-12(17-8-2-1-3-9(4-8)21(24)25)5-10-7-26-15-18-13-11(6-16-19-13)14(23)20(10)15/h1-4,6,10H,5,7H2,(H,16,19)(H,17,22). The minimum Gasteiger partial charge on any atom is -0.326 e. The molecule has 0 radical (unpaired) electrons. The smallest absolute Gasteiger partial charge is 0.271 e. The summed E-state index contributed by atoms with van der Waals surface area (Å²) in [6.45, 7) is 0. The minimum atomic E-state index is -0.527. The molecular formula is C15H12N6O4S. The highest BCUT2D eigenvalue weighted by atomic mass is 32.2. The van der Waals surface area contributed by atoms with Crippen LogP contribution in [0.4, 0.5) is 11.4 Å². The number of carbonyl (C=O) groups excluding carboxylic acids is 1. The van der Waals surface area contributed by atoms with Crippen LogP contribution in [0.25, 0.3) is 11.0 Å². The highest BCUT2D eigenvalue weighted by Gasteiger charge is 2.29. The lowest BCUT2D eigenvalue weighted by Crippen LogP contribution is -2.27. The van der Waals surface area contributed by atoms with Gasteiger partial charge in [-0.2, -0.15) is 5.10 Å². The maximum atomic E-state index is 12.6. The molecule has 4 rings (SSSR count). The summed E-state index contributed by atoms with van der Waals surface area (Å²) in [4.78, 5) is 39.6. The maximum absolute atomic E-state index is 12.6. The second-order valence-electron chi connectivity index (χ2n) is 5.73. The SMILES string of the molecule is O=C(CC1CSc2nc3[nH]ncc3c(=O)n21)Nc1cccc([N+](=O)[O-])c1. The van der Waals surface area contributed by atoms with Crippen molar-refractivity contribution in [2.45, 2.75) is 17.6 Å². The van der Waals surface area contributed by atoms with Crippen molar-refractivity contribution in [3.8, 4) is 0 Å². The maximum Gasteiger partial charge on any atom is 0.271 e. The van der Waals surface area contributed by atoms with Crippen molar-refractivity contribution < 1.29 is 9.72 Å². The Kier molecular flexibility index (Phi) is 3.92. The van der Waals surface area contributed by atoms with Crippen molar-refractivity contribution in [2.75, 3.05) is 11.1 Å². The molecule has 0 saturated carbocycles. The lowest BCUT2D eigenvalue weighted by atomic mass is 10.2. The highest BCUT2D eigenvalue weighted by Crippen LogP contribution is 2.33. The van der Waals surface area contributed by atoms with Crippen LogP contribution in [0.2, 0.25) is 0 Å². The molecule has 0 aliphatic carbocycles. The van der Waals surface area contributed by atoms with Gasteiger partial charge in [-0.25, -0.2) is 4.98 Å². The van der Waals surface area contributed by atoms with Crippen molar-refractivity contribution in [2.24, 2.45) is 0 Å². The molecule has 3 aromatic rings. The predicted octanol–water partition coefficient (Wildman–Crippen LogP) is 1.70. The molecule has 2 aromatic heterocycles. The largest absolute Gasteiger partial charge is 0.326 e. The number of hydrogen-bond acceptors (Lipinski definition) is 7. The molecule has 10 nitrogen and oxygen atoms in total. The van der Waals surface area contributed by atoms with Gasteiger partial charge in [-0.3, -0.25) is 29.4 Å². The Balaban J connectivity index is 1.54. The number of carbonyl (C=O) groups is 1. The van der Waals surface area contributed by atoms with Crippen LogP contribution < -0.4 is 10.9 Å². The van der Waals surface area contributed by atoms with Crippen LogP contribution in [-0.4, -0.2) is 36.3 Å². The third-order valence-electron chi connectivity index (χ3n) is 4.01. The minimum absolute atomic E-state index is 0.0631. The van der Waals surface area contributed by atoms with Crippen LogP contribution in [0, 0.1) is 10.1 Å². The van der Waals surface area contributed by atoms with Gasteiger partial charge in [0.1, 0.15) is 5.39 Å². The average molecular weight is 372 g/mol. The van der Waals surface area contributed by atoms with E-state index in [0.717, 1.165) is 0 Å². The molecule has 132 valence electrons. The summed E-state index contributed by atoms with van der Waals surface area (Å²) in [7, 11) is 0. The number of aromatic amines is 1. The van der Waals surface area contributed by atoms with Gasteiger partial charge in [0.25, 0.3) is 11.2 Å². The molecule has 11 heteroatoms. The first-order valence-corrected chi connectivity index (χ1v) is 8.64. The summed E-state index contributed by atoms with van der Waals surface area (Å²) in [6.07, 6.45) is 1.48. The van der Waals surface area contributed by atoms with Gasteiger partial charge in [-0.1, -0.05) is 17.8 Å². The van der Waals surface area contributed by atoms with Gasteiger partial charge in [-0.05, 0) is 6.07 Å². The van der Waals surface area contributed by atoms with Crippen molar-refractivity contribution in [3.05, 3.63) is 50.9 Å². The van der Waals surface area contributed by atoms with Crippen molar-refractivity contribution in [1.82, 2.24) is 19.7 Å². The van der Waals surface area contributed by atoms with E-state index in [-0.39, 0.29) is 29.6 Å². The van der Waals surface area contributed by atoms with Crippen LogP contribution in [-0.2, 0) is 4.79 Å². The predicted molar refractivity (Wildman–Crippen MR) is 94.3 cm³/mol. The topological polar surface area (TPSA) is 136 Å². The van der Waals surface area contributed by atoms with Gasteiger partial charge in [0.15, 0.2) is 10.8 Å². The van der Waals surface area contributed by atoms with Crippen LogP contribution in [0.15, 0.2) is 40.4 Å². The summed E-state index contributed by atoms with van der Waals surface area (Å²) in [5.41, 5.74) is 0.422. The normalized spacial score (nSPS) is 15.8. The number of rotatable bonds is 4. The fourth-order valence-electron chi connectivity index (χ4n) is 2.83. The number of fused-ring (bicyclic) bond motifs is 2. The van der Waals surface area contributed by atoms with Crippen LogP contribution >= 0.6 is 11.8 Å². The molecule has 1 aliphatic rings. The number of anilines is 1. The zero-order chi connectivity index (χ0) is 18.3. The second kappa shape index (κ2) is 6.26. The average Bonchev–Trinajstić information content (AvgIpc) is 3.23. The van der Waals surface area contributed by atoms with Crippen LogP contribution in [0.1, 0.15) is 12.5 Å². The number of benzene rings is 1. The number of aromatic nitrogens is 4. The summed E-state index contributed by atoms with van der Waals surface area (Å²) < 4.78 is 1.51. The number of nitrogens with zero attached hydrogens (tertiary/aromatic N) is 4. The second-order valence-corrected chi connectivity index (χ2v) is 6.71. The first-order chi connectivity index (χ1) is 12.5. The summed E-state index contributed by atoms with van der Waals surface area (Å²) in [5.74, 6) is 0.216. The number of non-ortho nitro benzene ring substituents is 1. The molecule has 1 atom stereocenters. The number of nitro benzene ring substituents is 1. The quantitative estimate of drug-likeness (QED) is 0.404. The molecule has 1 aromatic carbocycles. The number of H-pyrrole nitrogens is 1. The molecule has 1 unspecified atom stereocenters. The number of nitro groups is 1. The Bertz CT molecular complexity index is 1090. The van der Waals surface area contributed by atoms with E-state index in [2.05, 4.69) is 20.5 Å². The van der Waals surface area contributed by atoms with E-state index in [0.29, 0.717) is 27.6 Å². The first kappa shape index (κ1) is 16.3. The highest BCUT2D eigenvalue weighted by molar-refractivity contribution is 7.99. The molecule has 0 saturated heterocycles. The van der Waals surface area contributed by atoms with E-state index in [4.69, 9.17) is 0 Å². The van der Waals surface area contributed by atoms with Gasteiger partial charge >= 0.3 is 0 Å². The molecule has 2 N–H and O–H groups in total. The summed E-state index contributed by atoms with van der Waals surface area (Å²) in [5, 5.41) is 20.9. The van der Waals surface area contributed by atoms with E-state index < -0.39 is 4.92 Å².